The highest BCUT2D eigenvalue weighted by molar-refractivity contribution is 4.90. The molecule has 92 valence electrons. The summed E-state index contributed by atoms with van der Waals surface area (Å²) in [4.78, 5) is 2.48. The topological polar surface area (TPSA) is 36.3 Å². The predicted octanol–water partition coefficient (Wildman–Crippen LogP) is 2.43. The summed E-state index contributed by atoms with van der Waals surface area (Å²) in [6.45, 7) is 6.18. The number of ether oxygens (including phenoxy) is 1. The molecular weight excluding hydrogens is 200 g/mol. The maximum absolute atomic E-state index is 8.87. The van der Waals surface area contributed by atoms with Crippen LogP contribution in [0.15, 0.2) is 0 Å². The Labute approximate surface area is 99.4 Å². The van der Waals surface area contributed by atoms with E-state index in [-0.39, 0.29) is 0 Å². The van der Waals surface area contributed by atoms with Crippen molar-refractivity contribution in [3.8, 4) is 6.07 Å². The molecule has 3 heteroatoms. The van der Waals surface area contributed by atoms with Gasteiger partial charge in [0.2, 0.25) is 0 Å². The molecule has 0 bridgehead atoms. The third-order valence-corrected chi connectivity index (χ3v) is 3.65. The highest BCUT2D eigenvalue weighted by atomic mass is 16.5. The molecule has 0 amide bonds. The largest absolute Gasteiger partial charge is 0.383 e. The molecule has 16 heavy (non-hydrogen) atoms. The molecule has 0 saturated heterocycles. The second kappa shape index (κ2) is 6.88. The second-order valence-corrected chi connectivity index (χ2v) is 4.73. The van der Waals surface area contributed by atoms with Crippen LogP contribution in [0.1, 0.15) is 39.5 Å². The van der Waals surface area contributed by atoms with Crippen molar-refractivity contribution in [3.05, 3.63) is 0 Å². The van der Waals surface area contributed by atoms with Gasteiger partial charge in [-0.05, 0) is 32.1 Å². The Balaban J connectivity index is 2.55. The molecule has 0 aromatic carbocycles. The summed E-state index contributed by atoms with van der Waals surface area (Å²) in [6.07, 6.45) is 4.40. The van der Waals surface area contributed by atoms with Crippen LogP contribution in [0.2, 0.25) is 0 Å². The van der Waals surface area contributed by atoms with Crippen LogP contribution in [0.5, 0.6) is 0 Å². The lowest BCUT2D eigenvalue weighted by Gasteiger charge is -2.35. The van der Waals surface area contributed by atoms with Crippen LogP contribution in [-0.4, -0.2) is 37.2 Å². The lowest BCUT2D eigenvalue weighted by molar-refractivity contribution is 0.0806. The van der Waals surface area contributed by atoms with E-state index in [0.29, 0.717) is 18.5 Å². The zero-order valence-electron chi connectivity index (χ0n) is 10.8. The molecule has 0 N–H and O–H groups in total. The fourth-order valence-corrected chi connectivity index (χ4v) is 2.37. The van der Waals surface area contributed by atoms with E-state index in [2.05, 4.69) is 24.8 Å². The van der Waals surface area contributed by atoms with Gasteiger partial charge in [-0.25, -0.2) is 0 Å². The molecule has 0 aromatic heterocycles. The fraction of sp³-hybridized carbons (Fsp3) is 0.923. The Morgan fingerprint density at radius 3 is 2.62 bits per heavy atom. The Hall–Kier alpha value is -0.590. The van der Waals surface area contributed by atoms with Gasteiger partial charge in [-0.2, -0.15) is 5.26 Å². The van der Waals surface area contributed by atoms with Gasteiger partial charge in [0.1, 0.15) is 0 Å². The van der Waals surface area contributed by atoms with Gasteiger partial charge in [0.25, 0.3) is 0 Å². The zero-order chi connectivity index (χ0) is 12.0. The third kappa shape index (κ3) is 3.77. The molecule has 0 aromatic rings. The van der Waals surface area contributed by atoms with E-state index in [9.17, 15) is 0 Å². The Morgan fingerprint density at radius 1 is 1.50 bits per heavy atom. The average molecular weight is 224 g/mol. The van der Waals surface area contributed by atoms with Crippen molar-refractivity contribution >= 4 is 0 Å². The third-order valence-electron chi connectivity index (χ3n) is 3.65. The van der Waals surface area contributed by atoms with Gasteiger partial charge in [0.05, 0.1) is 19.1 Å². The number of nitriles is 1. The van der Waals surface area contributed by atoms with Gasteiger partial charge in [-0.15, -0.1) is 0 Å². The van der Waals surface area contributed by atoms with Crippen molar-refractivity contribution in [1.29, 1.82) is 5.26 Å². The van der Waals surface area contributed by atoms with E-state index in [1.807, 2.05) is 0 Å². The monoisotopic (exact) mass is 224 g/mol. The number of hydrogen-bond acceptors (Lipinski definition) is 3. The van der Waals surface area contributed by atoms with E-state index >= 15 is 0 Å². The Bertz CT molecular complexity index is 233. The minimum Gasteiger partial charge on any atom is -0.383 e. The molecule has 0 aliphatic heterocycles. The summed E-state index contributed by atoms with van der Waals surface area (Å²) in [6, 6.07) is 3.31. The lowest BCUT2D eigenvalue weighted by atomic mass is 10.1. The number of nitrogens with zero attached hydrogens (tertiary/aromatic N) is 2. The molecule has 3 nitrogen and oxygen atoms in total. The van der Waals surface area contributed by atoms with E-state index in [1.165, 1.54) is 12.8 Å². The molecule has 0 radical (unpaired) electrons. The minimum atomic E-state index is 0.399. The zero-order valence-corrected chi connectivity index (χ0v) is 10.8. The van der Waals surface area contributed by atoms with Gasteiger partial charge >= 0.3 is 0 Å². The molecule has 1 rings (SSSR count). The van der Waals surface area contributed by atoms with Crippen molar-refractivity contribution in [3.63, 3.8) is 0 Å². The first-order valence-corrected chi connectivity index (χ1v) is 6.36. The molecule has 1 fully saturated rings. The maximum atomic E-state index is 8.87. The van der Waals surface area contributed by atoms with Crippen molar-refractivity contribution in [1.82, 2.24) is 4.90 Å². The van der Waals surface area contributed by atoms with E-state index in [4.69, 9.17) is 10.00 Å². The molecule has 0 spiro atoms. The number of methoxy groups -OCH3 is 1. The predicted molar refractivity (Wildman–Crippen MR) is 65.1 cm³/mol. The van der Waals surface area contributed by atoms with Crippen LogP contribution in [0.25, 0.3) is 0 Å². The van der Waals surface area contributed by atoms with E-state index < -0.39 is 0 Å². The normalized spacial score (nSPS) is 19.4. The van der Waals surface area contributed by atoms with Gasteiger partial charge in [-0.1, -0.05) is 6.92 Å². The van der Waals surface area contributed by atoms with Crippen molar-refractivity contribution in [2.24, 2.45) is 5.92 Å². The number of hydrogen-bond donors (Lipinski definition) is 0. The molecule has 0 heterocycles. The molecule has 1 aliphatic carbocycles. The molecule has 2 unspecified atom stereocenters. The quantitative estimate of drug-likeness (QED) is 0.635. The maximum Gasteiger partial charge on any atom is 0.0638 e. The Kier molecular flexibility index (Phi) is 5.79. The van der Waals surface area contributed by atoms with Gasteiger partial charge in [0, 0.05) is 25.7 Å². The van der Waals surface area contributed by atoms with Crippen LogP contribution in [-0.2, 0) is 4.74 Å². The summed E-state index contributed by atoms with van der Waals surface area (Å²) >= 11 is 0. The van der Waals surface area contributed by atoms with E-state index in [1.54, 1.807) is 7.11 Å². The van der Waals surface area contributed by atoms with Crippen LogP contribution >= 0.6 is 0 Å². The van der Waals surface area contributed by atoms with E-state index in [0.717, 1.165) is 25.5 Å². The van der Waals surface area contributed by atoms with Crippen LogP contribution in [0.3, 0.4) is 0 Å². The Morgan fingerprint density at radius 2 is 2.19 bits per heavy atom. The van der Waals surface area contributed by atoms with Gasteiger partial charge in [0.15, 0.2) is 0 Å². The van der Waals surface area contributed by atoms with Crippen LogP contribution < -0.4 is 0 Å². The summed E-state index contributed by atoms with van der Waals surface area (Å²) < 4.78 is 5.17. The SMILES string of the molecule is CCC(CC#N)N(CCOC)C(C)C1CC1. The summed E-state index contributed by atoms with van der Waals surface area (Å²) in [5, 5.41) is 8.87. The fourth-order valence-electron chi connectivity index (χ4n) is 2.37. The standard InChI is InChI=1S/C13H24N2O/c1-4-13(7-8-14)15(9-10-16-3)11(2)12-5-6-12/h11-13H,4-7,9-10H2,1-3H3. The minimum absolute atomic E-state index is 0.399. The van der Waals surface area contributed by atoms with Crippen LogP contribution in [0.4, 0.5) is 0 Å². The first-order chi connectivity index (χ1) is 7.74. The summed E-state index contributed by atoms with van der Waals surface area (Å²) in [5.74, 6) is 0.851. The number of rotatable bonds is 8. The van der Waals surface area contributed by atoms with Crippen molar-refractivity contribution in [2.75, 3.05) is 20.3 Å². The average Bonchev–Trinajstić information content (AvgIpc) is 3.11. The smallest absolute Gasteiger partial charge is 0.0638 e. The van der Waals surface area contributed by atoms with Crippen LogP contribution in [0, 0.1) is 17.2 Å². The molecule has 1 aliphatic rings. The summed E-state index contributed by atoms with van der Waals surface area (Å²) in [7, 11) is 1.74. The molecular formula is C13H24N2O. The van der Waals surface area contributed by atoms with Gasteiger partial charge in [-0.3, -0.25) is 4.90 Å². The molecule has 2 atom stereocenters. The highest BCUT2D eigenvalue weighted by Gasteiger charge is 2.34. The first-order valence-electron chi connectivity index (χ1n) is 6.36. The first kappa shape index (κ1) is 13.5. The lowest BCUT2D eigenvalue weighted by Crippen LogP contribution is -2.44. The molecule has 1 saturated carbocycles. The second-order valence-electron chi connectivity index (χ2n) is 4.73. The summed E-state index contributed by atoms with van der Waals surface area (Å²) in [5.41, 5.74) is 0. The van der Waals surface area contributed by atoms with Crippen molar-refractivity contribution in [2.45, 2.75) is 51.6 Å². The van der Waals surface area contributed by atoms with Gasteiger partial charge < -0.3 is 4.74 Å². The highest BCUT2D eigenvalue weighted by Crippen LogP contribution is 2.36. The van der Waals surface area contributed by atoms with Crippen molar-refractivity contribution < 1.29 is 4.74 Å².